The standard InChI is InChI=1S/3Al.Cu.5N.3Ti/q;;+3;;5*-3;3*+4. The molecule has 0 saturated heterocycles. The third-order valence-electron chi connectivity index (χ3n) is 0. The van der Waals surface area contributed by atoms with Crippen LogP contribution in [0.3, 0.4) is 0 Å². The van der Waals surface area contributed by atoms with Gasteiger partial charge in [0.1, 0.15) is 0 Å². The monoisotopic (exact) mass is 358 g/mol. The first-order chi connectivity index (χ1) is 0. The summed E-state index contributed by atoms with van der Waals surface area (Å²) in [4.78, 5) is 0. The van der Waals surface area contributed by atoms with Crippen molar-refractivity contribution in [2.24, 2.45) is 0 Å². The smallest absolute Gasteiger partial charge is 3.00 e. The van der Waals surface area contributed by atoms with Crippen LogP contribution in [0.4, 0.5) is 0 Å². The maximum absolute atomic E-state index is 0. The second-order valence-electron chi connectivity index (χ2n) is 0. The molecule has 7 radical (unpaired) electrons. The summed E-state index contributed by atoms with van der Waals surface area (Å²) in [5.41, 5.74) is 0. The van der Waals surface area contributed by atoms with Crippen LogP contribution < -0.4 is 0 Å². The van der Waals surface area contributed by atoms with Crippen LogP contribution in [0, 0.1) is 0 Å². The molecule has 0 aliphatic heterocycles. The fraction of sp³-hybridized carbons (Fsp3) is 0. The van der Waals surface area contributed by atoms with Gasteiger partial charge >= 0.3 is 82.5 Å². The maximum atomic E-state index is 0. The van der Waals surface area contributed by atoms with Gasteiger partial charge in [-0.05, 0) is 0 Å². The molecule has 5 nitrogen and oxygen atoms in total. The van der Waals surface area contributed by atoms with Crippen molar-refractivity contribution < 1.29 is 82.2 Å². The predicted molar refractivity (Wildman–Crippen MR) is 34.1 cm³/mol. The molecule has 0 fully saturated rings. The Hall–Kier alpha value is 4.06. The summed E-state index contributed by atoms with van der Waals surface area (Å²) in [7, 11) is 0. The van der Waals surface area contributed by atoms with Crippen molar-refractivity contribution in [1.82, 2.24) is 0 Å². The molecule has 12 heteroatoms. The van der Waals surface area contributed by atoms with Crippen LogP contribution in [0.15, 0.2) is 0 Å². The fourth-order valence-electron chi connectivity index (χ4n) is 0. The van der Waals surface area contributed by atoms with Crippen molar-refractivity contribution in [3.05, 3.63) is 30.8 Å². The Morgan fingerprint density at radius 1 is 0.417 bits per heavy atom. The van der Waals surface area contributed by atoms with E-state index in [2.05, 4.69) is 0 Å². The van der Waals surface area contributed by atoms with E-state index in [-0.39, 0.29) is 165 Å². The minimum atomic E-state index is 0. The second kappa shape index (κ2) is 181. The van der Waals surface area contributed by atoms with Crippen LogP contribution in [0.1, 0.15) is 0 Å². The average molecular weight is 358 g/mol. The van der Waals surface area contributed by atoms with Gasteiger partial charge in [-0.3, -0.25) is 0 Å². The van der Waals surface area contributed by atoms with Gasteiger partial charge < -0.3 is 30.8 Å². The van der Waals surface area contributed by atoms with Gasteiger partial charge in [-0.2, -0.15) is 0 Å². The molecule has 0 aromatic heterocycles. The van der Waals surface area contributed by atoms with E-state index in [1.165, 1.54) is 0 Å². The molecule has 0 saturated carbocycles. The zero-order valence-corrected chi connectivity index (χ0v) is 14.9. The van der Waals surface area contributed by atoms with Crippen LogP contribution in [-0.2, 0) is 82.2 Å². The first-order valence-electron chi connectivity index (χ1n) is 0. The molecule has 0 spiro atoms. The summed E-state index contributed by atoms with van der Waals surface area (Å²) >= 11 is 0. The van der Waals surface area contributed by atoms with Crippen LogP contribution in [0.5, 0.6) is 0 Å². The fourth-order valence-corrected chi connectivity index (χ4v) is 0. The van der Waals surface area contributed by atoms with Crippen molar-refractivity contribution in [1.29, 1.82) is 0 Å². The Labute approximate surface area is 162 Å². The third kappa shape index (κ3) is 145. The molecule has 0 amide bonds. The average Bonchev–Trinajstić information content (AvgIpc) is 0. The number of nitrogens with zero attached hydrogens (tertiary/aromatic N) is 5. The van der Waals surface area contributed by atoms with Gasteiger partial charge in [-0.15, -0.1) is 0 Å². The summed E-state index contributed by atoms with van der Waals surface area (Å²) in [6.45, 7) is 0. The molecule has 0 aliphatic carbocycles. The van der Waals surface area contributed by atoms with E-state index in [4.69, 9.17) is 0 Å². The van der Waals surface area contributed by atoms with Crippen molar-refractivity contribution in [3.8, 4) is 0 Å². The predicted octanol–water partition coefficient (Wildman–Crippen LogP) is 0.291. The summed E-state index contributed by atoms with van der Waals surface area (Å²) < 4.78 is 0. The van der Waals surface area contributed by atoms with E-state index in [0.29, 0.717) is 0 Å². The zero-order chi connectivity index (χ0) is 0. The molecule has 0 atom stereocenters. The van der Waals surface area contributed by atoms with Crippen LogP contribution >= 0.6 is 0 Å². The van der Waals surface area contributed by atoms with E-state index in [1.807, 2.05) is 0 Å². The number of rotatable bonds is 0. The van der Waals surface area contributed by atoms with Crippen LogP contribution in [-0.4, -0.2) is 52.1 Å². The molecular weight excluding hydrogens is 358 g/mol. The Morgan fingerprint density at radius 3 is 0.417 bits per heavy atom. The Kier molecular flexibility index (Phi) is 3330. The first-order valence-corrected chi connectivity index (χ1v) is 0. The Bertz CT molecular complexity index is 21.9. The summed E-state index contributed by atoms with van der Waals surface area (Å²) in [5.74, 6) is 0. The number of hydrogen-bond donors (Lipinski definition) is 0. The van der Waals surface area contributed by atoms with Gasteiger partial charge in [0.15, 0.2) is 0 Å². The van der Waals surface area contributed by atoms with Gasteiger partial charge in [0.05, 0.1) is 0 Å². The van der Waals surface area contributed by atoms with E-state index < -0.39 is 0 Å². The molecule has 12 heavy (non-hydrogen) atoms. The maximum Gasteiger partial charge on any atom is 4.00 e. The molecule has 0 aromatic carbocycles. The van der Waals surface area contributed by atoms with Gasteiger partial charge in [-0.1, -0.05) is 0 Å². The van der Waals surface area contributed by atoms with Crippen molar-refractivity contribution in [2.45, 2.75) is 0 Å². The van der Waals surface area contributed by atoms with Gasteiger partial charge in [0, 0.05) is 51.8 Å². The largest absolute Gasteiger partial charge is 4.00 e. The Balaban J connectivity index is 0. The zero-order valence-electron chi connectivity index (χ0n) is 5.77. The van der Waals surface area contributed by atoms with E-state index in [1.54, 1.807) is 0 Å². The second-order valence-corrected chi connectivity index (χ2v) is 0. The van der Waals surface area contributed by atoms with Crippen LogP contribution in [0.2, 0.25) is 0 Å². The minimum absolute atomic E-state index is 0. The van der Waals surface area contributed by atoms with Gasteiger partial charge in [0.2, 0.25) is 0 Å². The molecule has 0 unspecified atom stereocenters. The van der Waals surface area contributed by atoms with Gasteiger partial charge in [-0.25, -0.2) is 0 Å². The minimum Gasteiger partial charge on any atom is -3.00 e. The SMILES string of the molecule is [Al+3].[Al].[Al].[Cu].[N-3].[N-3].[N-3].[N-3].[N-3].[Ti+4].[Ti+4].[Ti+4]. The summed E-state index contributed by atoms with van der Waals surface area (Å²) in [6, 6.07) is 0. The molecule has 57 valence electrons. The van der Waals surface area contributed by atoms with Crippen molar-refractivity contribution >= 4 is 52.1 Å². The van der Waals surface area contributed by atoms with Crippen molar-refractivity contribution in [3.63, 3.8) is 0 Å². The van der Waals surface area contributed by atoms with Crippen molar-refractivity contribution in [2.75, 3.05) is 0 Å². The molecule has 0 rings (SSSR count). The quantitative estimate of drug-likeness (QED) is 0.547. The molecule has 0 heterocycles. The molecule has 0 aromatic rings. The van der Waals surface area contributed by atoms with E-state index in [0.717, 1.165) is 0 Å². The molecular formula is Al3CuN5Ti3. The van der Waals surface area contributed by atoms with E-state index in [9.17, 15) is 0 Å². The van der Waals surface area contributed by atoms with Crippen LogP contribution in [0.25, 0.3) is 30.8 Å². The molecule has 0 bridgehead atoms. The summed E-state index contributed by atoms with van der Waals surface area (Å²) in [6.07, 6.45) is 0. The topological polar surface area (TPSA) is 152 Å². The molecule has 0 N–H and O–H groups in total. The molecule has 0 aliphatic rings. The normalized spacial score (nSPS) is 0. The first kappa shape index (κ1) is 221. The third-order valence-corrected chi connectivity index (χ3v) is 0. The number of hydrogen-bond acceptors (Lipinski definition) is 0. The van der Waals surface area contributed by atoms with E-state index >= 15 is 0 Å². The Morgan fingerprint density at radius 2 is 0.417 bits per heavy atom. The van der Waals surface area contributed by atoms with Gasteiger partial charge in [0.25, 0.3) is 0 Å². The summed E-state index contributed by atoms with van der Waals surface area (Å²) in [5, 5.41) is 0.